The summed E-state index contributed by atoms with van der Waals surface area (Å²) in [6.07, 6.45) is 0.760. The van der Waals surface area contributed by atoms with Crippen LogP contribution >= 0.6 is 0 Å². The molecule has 2 amide bonds. The first-order valence-electron chi connectivity index (χ1n) is 6.90. The van der Waals surface area contributed by atoms with Crippen molar-refractivity contribution < 1.29 is 19.5 Å². The number of carboxylic acids is 1. The molecule has 0 bridgehead atoms. The fraction of sp³-hybridized carbons (Fsp3) is 0.400. The van der Waals surface area contributed by atoms with Crippen LogP contribution in [-0.2, 0) is 14.4 Å². The molecule has 1 heterocycles. The van der Waals surface area contributed by atoms with Crippen LogP contribution in [0.4, 0.5) is 0 Å². The van der Waals surface area contributed by atoms with Crippen LogP contribution in [0.25, 0.3) is 0 Å². The van der Waals surface area contributed by atoms with Crippen LogP contribution < -0.4 is 10.6 Å². The summed E-state index contributed by atoms with van der Waals surface area (Å²) in [7, 11) is 0. The zero-order valence-electron chi connectivity index (χ0n) is 11.5. The second kappa shape index (κ2) is 6.99. The van der Waals surface area contributed by atoms with Crippen molar-refractivity contribution in [3.63, 3.8) is 0 Å². The third kappa shape index (κ3) is 4.39. The first-order valence-corrected chi connectivity index (χ1v) is 6.90. The van der Waals surface area contributed by atoms with Crippen LogP contribution in [0.15, 0.2) is 30.3 Å². The van der Waals surface area contributed by atoms with E-state index in [1.165, 1.54) is 0 Å². The quantitative estimate of drug-likeness (QED) is 0.675. The maximum atomic E-state index is 11.7. The topological polar surface area (TPSA) is 95.5 Å². The van der Waals surface area contributed by atoms with E-state index >= 15 is 0 Å². The van der Waals surface area contributed by atoms with E-state index in [0.29, 0.717) is 19.4 Å². The van der Waals surface area contributed by atoms with Crippen molar-refractivity contribution in [1.82, 2.24) is 10.6 Å². The van der Waals surface area contributed by atoms with Crippen molar-refractivity contribution in [2.24, 2.45) is 5.92 Å². The molecule has 1 aromatic carbocycles. The number of piperidine rings is 1. The van der Waals surface area contributed by atoms with Crippen molar-refractivity contribution >= 4 is 17.8 Å². The Bertz CT molecular complexity index is 530. The Balaban J connectivity index is 1.98. The van der Waals surface area contributed by atoms with E-state index in [1.807, 2.05) is 30.3 Å². The number of benzene rings is 1. The molecule has 1 aliphatic heterocycles. The van der Waals surface area contributed by atoms with Gasteiger partial charge in [-0.25, -0.2) is 0 Å². The van der Waals surface area contributed by atoms with Crippen LogP contribution in [0.5, 0.6) is 0 Å². The molecule has 21 heavy (non-hydrogen) atoms. The molecular formula is C15H18N2O4. The number of hydrogen-bond donors (Lipinski definition) is 3. The van der Waals surface area contributed by atoms with Gasteiger partial charge in [-0.2, -0.15) is 0 Å². The fourth-order valence-corrected chi connectivity index (χ4v) is 2.39. The highest BCUT2D eigenvalue weighted by molar-refractivity contribution is 5.98. The van der Waals surface area contributed by atoms with Gasteiger partial charge in [0.1, 0.15) is 0 Å². The molecule has 6 heteroatoms. The van der Waals surface area contributed by atoms with Gasteiger partial charge in [0, 0.05) is 19.0 Å². The first kappa shape index (κ1) is 15.2. The Kier molecular flexibility index (Phi) is 5.05. The van der Waals surface area contributed by atoms with Gasteiger partial charge in [-0.15, -0.1) is 0 Å². The third-order valence-electron chi connectivity index (χ3n) is 3.54. The summed E-state index contributed by atoms with van der Waals surface area (Å²) < 4.78 is 0. The minimum absolute atomic E-state index is 0.0583. The standard InChI is InChI=1S/C15H18N2O4/c18-13-7-6-11(15(21)17-13)9-16-12(8-14(19)20)10-4-2-1-3-5-10/h1-5,11-12,16H,6-9H2,(H,19,20)(H,17,18,21). The highest BCUT2D eigenvalue weighted by Crippen LogP contribution is 2.18. The van der Waals surface area contributed by atoms with Gasteiger partial charge in [-0.3, -0.25) is 19.7 Å². The van der Waals surface area contributed by atoms with Crippen LogP contribution in [0.2, 0.25) is 0 Å². The Hall–Kier alpha value is -2.21. The van der Waals surface area contributed by atoms with E-state index in [-0.39, 0.29) is 30.2 Å². The Morgan fingerprint density at radius 3 is 2.67 bits per heavy atom. The maximum Gasteiger partial charge on any atom is 0.305 e. The second-order valence-corrected chi connectivity index (χ2v) is 5.12. The number of nitrogens with one attached hydrogen (secondary N) is 2. The first-order chi connectivity index (χ1) is 10.1. The number of carbonyl (C=O) groups excluding carboxylic acids is 2. The van der Waals surface area contributed by atoms with Crippen LogP contribution in [0.1, 0.15) is 30.9 Å². The SMILES string of the molecule is O=C(O)CC(NCC1CCC(=O)NC1=O)c1ccccc1. The zero-order valence-corrected chi connectivity index (χ0v) is 11.5. The average Bonchev–Trinajstić information content (AvgIpc) is 2.45. The summed E-state index contributed by atoms with van der Waals surface area (Å²) in [5.41, 5.74) is 0.868. The lowest BCUT2D eigenvalue weighted by atomic mass is 9.96. The van der Waals surface area contributed by atoms with Gasteiger partial charge in [-0.1, -0.05) is 30.3 Å². The van der Waals surface area contributed by atoms with Crippen molar-refractivity contribution in [3.05, 3.63) is 35.9 Å². The lowest BCUT2D eigenvalue weighted by Gasteiger charge is -2.24. The maximum absolute atomic E-state index is 11.7. The normalized spacial score (nSPS) is 19.9. The number of hydrogen-bond acceptors (Lipinski definition) is 4. The van der Waals surface area contributed by atoms with E-state index in [4.69, 9.17) is 5.11 Å². The molecule has 0 spiro atoms. The molecule has 0 saturated carbocycles. The number of imide groups is 1. The number of aliphatic carboxylic acids is 1. The van der Waals surface area contributed by atoms with Gasteiger partial charge in [0.25, 0.3) is 0 Å². The van der Waals surface area contributed by atoms with Crippen LogP contribution in [0, 0.1) is 5.92 Å². The lowest BCUT2D eigenvalue weighted by Crippen LogP contribution is -2.45. The molecule has 2 atom stereocenters. The van der Waals surface area contributed by atoms with Crippen molar-refractivity contribution in [1.29, 1.82) is 0 Å². The van der Waals surface area contributed by atoms with E-state index in [2.05, 4.69) is 10.6 Å². The van der Waals surface area contributed by atoms with Gasteiger partial charge in [-0.05, 0) is 12.0 Å². The molecule has 1 aromatic rings. The summed E-state index contributed by atoms with van der Waals surface area (Å²) in [5.74, 6) is -1.75. The molecule has 2 rings (SSSR count). The largest absolute Gasteiger partial charge is 0.481 e. The minimum Gasteiger partial charge on any atom is -0.481 e. The lowest BCUT2D eigenvalue weighted by molar-refractivity contribution is -0.137. The number of rotatable bonds is 6. The molecule has 0 radical (unpaired) electrons. The number of carboxylic acid groups (broad SMARTS) is 1. The van der Waals surface area contributed by atoms with Crippen LogP contribution in [-0.4, -0.2) is 29.4 Å². The molecule has 1 aliphatic rings. The zero-order chi connectivity index (χ0) is 15.2. The molecular weight excluding hydrogens is 272 g/mol. The Labute approximate surface area is 122 Å². The molecule has 3 N–H and O–H groups in total. The molecule has 112 valence electrons. The number of amides is 2. The summed E-state index contributed by atoms with van der Waals surface area (Å²) in [4.78, 5) is 33.8. The fourth-order valence-electron chi connectivity index (χ4n) is 2.39. The summed E-state index contributed by atoms with van der Waals surface area (Å²) in [6, 6.07) is 8.90. The molecule has 1 fully saturated rings. The summed E-state index contributed by atoms with van der Waals surface area (Å²) >= 11 is 0. The molecule has 1 saturated heterocycles. The van der Waals surface area contributed by atoms with Gasteiger partial charge < -0.3 is 10.4 Å². The van der Waals surface area contributed by atoms with Crippen molar-refractivity contribution in [2.45, 2.75) is 25.3 Å². The van der Waals surface area contributed by atoms with Crippen molar-refractivity contribution in [2.75, 3.05) is 6.54 Å². The van der Waals surface area contributed by atoms with Gasteiger partial charge in [0.15, 0.2) is 0 Å². The van der Waals surface area contributed by atoms with Crippen molar-refractivity contribution in [3.8, 4) is 0 Å². The number of carbonyl (C=O) groups is 3. The van der Waals surface area contributed by atoms with E-state index < -0.39 is 5.97 Å². The van der Waals surface area contributed by atoms with E-state index in [9.17, 15) is 14.4 Å². The predicted molar refractivity (Wildman–Crippen MR) is 75.3 cm³/mol. The molecule has 0 aromatic heterocycles. The molecule has 2 unspecified atom stereocenters. The minimum atomic E-state index is -0.903. The second-order valence-electron chi connectivity index (χ2n) is 5.12. The van der Waals surface area contributed by atoms with Gasteiger partial charge in [0.05, 0.1) is 12.3 Å². The predicted octanol–water partition coefficient (Wildman–Crippen LogP) is 0.845. The highest BCUT2D eigenvalue weighted by Gasteiger charge is 2.27. The monoisotopic (exact) mass is 290 g/mol. The van der Waals surface area contributed by atoms with Gasteiger partial charge in [0.2, 0.25) is 11.8 Å². The summed E-state index contributed by atoms with van der Waals surface area (Å²) in [5, 5.41) is 14.4. The Morgan fingerprint density at radius 1 is 1.33 bits per heavy atom. The third-order valence-corrected chi connectivity index (χ3v) is 3.54. The molecule has 0 aliphatic carbocycles. The smallest absolute Gasteiger partial charge is 0.305 e. The summed E-state index contributed by atoms with van der Waals surface area (Å²) in [6.45, 7) is 0.353. The van der Waals surface area contributed by atoms with Gasteiger partial charge >= 0.3 is 5.97 Å². The van der Waals surface area contributed by atoms with Crippen LogP contribution in [0.3, 0.4) is 0 Å². The Morgan fingerprint density at radius 2 is 2.05 bits per heavy atom. The highest BCUT2D eigenvalue weighted by atomic mass is 16.4. The van der Waals surface area contributed by atoms with E-state index in [1.54, 1.807) is 0 Å². The molecule has 6 nitrogen and oxygen atoms in total. The average molecular weight is 290 g/mol. The van der Waals surface area contributed by atoms with E-state index in [0.717, 1.165) is 5.56 Å².